The summed E-state index contributed by atoms with van der Waals surface area (Å²) in [6.07, 6.45) is 1.79. The van der Waals surface area contributed by atoms with E-state index in [1.54, 1.807) is 6.20 Å². The van der Waals surface area contributed by atoms with Crippen LogP contribution in [0.3, 0.4) is 0 Å². The van der Waals surface area contributed by atoms with Crippen molar-refractivity contribution in [3.05, 3.63) is 96.8 Å². The molecule has 0 aliphatic heterocycles. The highest BCUT2D eigenvalue weighted by atomic mass is 16.5. The molecule has 1 aromatic heterocycles. The lowest BCUT2D eigenvalue weighted by atomic mass is 10.1. The zero-order valence-electron chi connectivity index (χ0n) is 15.2. The first-order chi connectivity index (χ1) is 13.8. The number of nitrogens with zero attached hydrogens (tertiary/aromatic N) is 2. The van der Waals surface area contributed by atoms with Gasteiger partial charge in [0.2, 0.25) is 0 Å². The third kappa shape index (κ3) is 4.27. The van der Waals surface area contributed by atoms with Crippen LogP contribution in [0, 0.1) is 0 Å². The van der Waals surface area contributed by atoms with Gasteiger partial charge in [-0.2, -0.15) is 0 Å². The van der Waals surface area contributed by atoms with Crippen molar-refractivity contribution in [3.63, 3.8) is 0 Å². The van der Waals surface area contributed by atoms with Crippen LogP contribution in [0.25, 0.3) is 10.8 Å². The number of guanidine groups is 1. The van der Waals surface area contributed by atoms with Crippen LogP contribution in [0.5, 0.6) is 11.5 Å². The van der Waals surface area contributed by atoms with Crippen LogP contribution in [0.4, 0.5) is 5.69 Å². The van der Waals surface area contributed by atoms with Gasteiger partial charge in [-0.15, -0.1) is 0 Å². The third-order valence-electron chi connectivity index (χ3n) is 4.24. The van der Waals surface area contributed by atoms with Crippen LogP contribution in [-0.2, 0) is 6.54 Å². The van der Waals surface area contributed by atoms with E-state index < -0.39 is 0 Å². The van der Waals surface area contributed by atoms with E-state index in [1.807, 2.05) is 78.9 Å². The maximum Gasteiger partial charge on any atom is 0.193 e. The molecule has 0 fully saturated rings. The summed E-state index contributed by atoms with van der Waals surface area (Å²) in [7, 11) is 0. The highest BCUT2D eigenvalue weighted by Crippen LogP contribution is 2.23. The summed E-state index contributed by atoms with van der Waals surface area (Å²) in [5.41, 5.74) is 7.77. The molecule has 0 atom stereocenters. The van der Waals surface area contributed by atoms with Crippen LogP contribution >= 0.6 is 0 Å². The number of nitrogens with one attached hydrogen (secondary N) is 1. The van der Waals surface area contributed by atoms with E-state index in [9.17, 15) is 0 Å². The zero-order chi connectivity index (χ0) is 19.2. The quantitative estimate of drug-likeness (QED) is 0.386. The molecule has 138 valence electrons. The van der Waals surface area contributed by atoms with E-state index in [1.165, 1.54) is 0 Å². The van der Waals surface area contributed by atoms with Gasteiger partial charge in [0.15, 0.2) is 5.96 Å². The van der Waals surface area contributed by atoms with Crippen molar-refractivity contribution in [1.29, 1.82) is 0 Å². The fourth-order valence-corrected chi connectivity index (χ4v) is 2.92. The molecule has 0 radical (unpaired) electrons. The standard InChI is InChI=1S/C23H20N4O/c24-23(26-16-22-21-12-5-4-7-17(21)13-14-25-22)27-18-8-6-11-20(15-18)28-19-9-2-1-3-10-19/h1-15H,16H2,(H3,24,26,27). The maximum absolute atomic E-state index is 6.07. The van der Waals surface area contributed by atoms with Crippen molar-refractivity contribution in [1.82, 2.24) is 4.98 Å². The average molecular weight is 368 g/mol. The number of para-hydroxylation sites is 1. The summed E-state index contributed by atoms with van der Waals surface area (Å²) in [6.45, 7) is 0.403. The number of hydrogen-bond acceptors (Lipinski definition) is 3. The molecule has 0 saturated heterocycles. The largest absolute Gasteiger partial charge is 0.457 e. The molecular weight excluding hydrogens is 348 g/mol. The Kier molecular flexibility index (Phi) is 5.15. The van der Waals surface area contributed by atoms with Crippen LogP contribution in [0.15, 0.2) is 96.1 Å². The minimum absolute atomic E-state index is 0.326. The fraction of sp³-hybridized carbons (Fsp3) is 0.0435. The Hall–Kier alpha value is -3.86. The van der Waals surface area contributed by atoms with E-state index >= 15 is 0 Å². The van der Waals surface area contributed by atoms with E-state index in [0.717, 1.165) is 33.7 Å². The summed E-state index contributed by atoms with van der Waals surface area (Å²) in [6, 6.07) is 27.3. The molecule has 28 heavy (non-hydrogen) atoms. The predicted molar refractivity (Wildman–Crippen MR) is 114 cm³/mol. The number of aromatic nitrogens is 1. The molecular formula is C23H20N4O. The Labute approximate surface area is 163 Å². The van der Waals surface area contributed by atoms with Crippen molar-refractivity contribution in [2.45, 2.75) is 6.54 Å². The van der Waals surface area contributed by atoms with Gasteiger partial charge in [0.1, 0.15) is 11.5 Å². The van der Waals surface area contributed by atoms with Gasteiger partial charge in [0.05, 0.1) is 12.2 Å². The molecule has 5 nitrogen and oxygen atoms in total. The first-order valence-electron chi connectivity index (χ1n) is 9.00. The lowest BCUT2D eigenvalue weighted by Crippen LogP contribution is -2.22. The molecule has 0 aliphatic rings. The zero-order valence-corrected chi connectivity index (χ0v) is 15.2. The van der Waals surface area contributed by atoms with Gasteiger partial charge in [-0.05, 0) is 35.7 Å². The summed E-state index contributed by atoms with van der Waals surface area (Å²) in [4.78, 5) is 8.87. The molecule has 0 amide bonds. The van der Waals surface area contributed by atoms with Crippen molar-refractivity contribution in [2.75, 3.05) is 5.32 Å². The molecule has 0 bridgehead atoms. The van der Waals surface area contributed by atoms with Gasteiger partial charge in [0.25, 0.3) is 0 Å². The molecule has 5 heteroatoms. The number of fused-ring (bicyclic) bond motifs is 1. The van der Waals surface area contributed by atoms with Gasteiger partial charge in [-0.3, -0.25) is 4.98 Å². The second kappa shape index (κ2) is 8.22. The van der Waals surface area contributed by atoms with Crippen LogP contribution < -0.4 is 15.8 Å². The lowest BCUT2D eigenvalue weighted by Gasteiger charge is -2.09. The molecule has 3 aromatic carbocycles. The monoisotopic (exact) mass is 368 g/mol. The normalized spacial score (nSPS) is 11.4. The number of ether oxygens (including phenoxy) is 1. The van der Waals surface area contributed by atoms with Crippen molar-refractivity contribution in [2.24, 2.45) is 10.7 Å². The summed E-state index contributed by atoms with van der Waals surface area (Å²) in [5, 5.41) is 5.33. The van der Waals surface area contributed by atoms with Crippen molar-refractivity contribution < 1.29 is 4.74 Å². The Morgan fingerprint density at radius 1 is 0.893 bits per heavy atom. The number of anilines is 1. The predicted octanol–water partition coefficient (Wildman–Crippen LogP) is 4.95. The Bertz CT molecular complexity index is 1100. The van der Waals surface area contributed by atoms with E-state index in [0.29, 0.717) is 12.5 Å². The molecule has 4 aromatic rings. The number of benzene rings is 3. The van der Waals surface area contributed by atoms with E-state index in [4.69, 9.17) is 10.5 Å². The number of rotatable bonds is 5. The summed E-state index contributed by atoms with van der Waals surface area (Å²) >= 11 is 0. The lowest BCUT2D eigenvalue weighted by molar-refractivity contribution is 0.483. The topological polar surface area (TPSA) is 72.5 Å². The Morgan fingerprint density at radius 3 is 2.57 bits per heavy atom. The molecule has 0 saturated carbocycles. The minimum atomic E-state index is 0.326. The minimum Gasteiger partial charge on any atom is -0.457 e. The third-order valence-corrected chi connectivity index (χ3v) is 4.24. The van der Waals surface area contributed by atoms with Crippen LogP contribution in [0.1, 0.15) is 5.69 Å². The van der Waals surface area contributed by atoms with E-state index in [2.05, 4.69) is 21.4 Å². The molecule has 0 spiro atoms. The second-order valence-electron chi connectivity index (χ2n) is 6.25. The number of pyridine rings is 1. The van der Waals surface area contributed by atoms with Crippen molar-refractivity contribution in [3.8, 4) is 11.5 Å². The molecule has 4 rings (SSSR count). The van der Waals surface area contributed by atoms with Crippen LogP contribution in [-0.4, -0.2) is 10.9 Å². The second-order valence-corrected chi connectivity index (χ2v) is 6.25. The maximum atomic E-state index is 6.07. The SMILES string of the molecule is NC(=NCc1nccc2ccccc12)Nc1cccc(Oc2ccccc2)c1. The summed E-state index contributed by atoms with van der Waals surface area (Å²) in [5.74, 6) is 1.83. The molecule has 1 heterocycles. The van der Waals surface area contributed by atoms with Gasteiger partial charge in [-0.25, -0.2) is 4.99 Å². The molecule has 3 N–H and O–H groups in total. The van der Waals surface area contributed by atoms with Crippen molar-refractivity contribution >= 4 is 22.4 Å². The first-order valence-corrected chi connectivity index (χ1v) is 9.00. The number of aliphatic imine (C=N–C) groups is 1. The smallest absolute Gasteiger partial charge is 0.193 e. The van der Waals surface area contributed by atoms with Gasteiger partial charge in [0, 0.05) is 23.3 Å². The van der Waals surface area contributed by atoms with E-state index in [-0.39, 0.29) is 0 Å². The van der Waals surface area contributed by atoms with Gasteiger partial charge < -0.3 is 15.8 Å². The average Bonchev–Trinajstić information content (AvgIpc) is 2.73. The van der Waals surface area contributed by atoms with Crippen LogP contribution in [0.2, 0.25) is 0 Å². The summed E-state index contributed by atoms with van der Waals surface area (Å²) < 4.78 is 5.85. The van der Waals surface area contributed by atoms with Gasteiger partial charge in [-0.1, -0.05) is 48.5 Å². The molecule has 0 aliphatic carbocycles. The first kappa shape index (κ1) is 17.5. The van der Waals surface area contributed by atoms with Gasteiger partial charge >= 0.3 is 0 Å². The number of hydrogen-bond donors (Lipinski definition) is 2. The Balaban J connectivity index is 1.46. The molecule has 0 unspecified atom stereocenters. The highest BCUT2D eigenvalue weighted by molar-refractivity contribution is 5.92. The highest BCUT2D eigenvalue weighted by Gasteiger charge is 2.03. The fourth-order valence-electron chi connectivity index (χ4n) is 2.92. The Morgan fingerprint density at radius 2 is 1.68 bits per heavy atom. The number of nitrogens with two attached hydrogens (primary N) is 1.